The summed E-state index contributed by atoms with van der Waals surface area (Å²) in [6.07, 6.45) is 0. The van der Waals surface area contributed by atoms with Gasteiger partial charge in [0.15, 0.2) is 0 Å². The van der Waals surface area contributed by atoms with Crippen LogP contribution in [-0.2, 0) is 9.59 Å². The van der Waals surface area contributed by atoms with Crippen LogP contribution in [0.15, 0.2) is 66.4 Å². The standard InChI is InChI=1S/C25H20F2N2O3/c1-14-8-9-15(2)19(12-14)28-23-22(17-6-4-5-7-21(17)32-3)24(30)29(25(23)31)20-13-16(26)10-11-18(20)27/h4-13,28H,1-3H3. The van der Waals surface area contributed by atoms with Gasteiger partial charge in [-0.05, 0) is 49.2 Å². The molecule has 1 aliphatic rings. The van der Waals surface area contributed by atoms with Crippen LogP contribution in [0.1, 0.15) is 16.7 Å². The van der Waals surface area contributed by atoms with Gasteiger partial charge in [-0.1, -0.05) is 30.3 Å². The maximum absolute atomic E-state index is 14.5. The number of nitrogens with zero attached hydrogens (tertiary/aromatic N) is 1. The molecule has 0 radical (unpaired) electrons. The number of imide groups is 1. The Morgan fingerprint density at radius 3 is 2.41 bits per heavy atom. The molecule has 0 aliphatic carbocycles. The van der Waals surface area contributed by atoms with Crippen LogP contribution in [-0.4, -0.2) is 18.9 Å². The number of amides is 2. The Bertz CT molecular complexity index is 1280. The van der Waals surface area contributed by atoms with Crippen molar-refractivity contribution in [2.45, 2.75) is 13.8 Å². The van der Waals surface area contributed by atoms with E-state index in [0.29, 0.717) is 21.9 Å². The predicted octanol–water partition coefficient (Wildman–Crippen LogP) is 4.99. The number of rotatable bonds is 5. The SMILES string of the molecule is COc1ccccc1C1=C(Nc2cc(C)ccc2C)C(=O)N(c2cc(F)ccc2F)C1=O. The highest BCUT2D eigenvalue weighted by molar-refractivity contribution is 6.46. The minimum absolute atomic E-state index is 0.0111. The normalized spacial score (nSPS) is 13.7. The molecule has 0 saturated carbocycles. The van der Waals surface area contributed by atoms with E-state index < -0.39 is 29.1 Å². The molecule has 5 nitrogen and oxygen atoms in total. The molecule has 32 heavy (non-hydrogen) atoms. The molecule has 3 aromatic rings. The van der Waals surface area contributed by atoms with Crippen LogP contribution >= 0.6 is 0 Å². The number of para-hydroxylation sites is 1. The summed E-state index contributed by atoms with van der Waals surface area (Å²) in [6, 6.07) is 15.0. The number of carbonyl (C=O) groups is 2. The monoisotopic (exact) mass is 434 g/mol. The summed E-state index contributed by atoms with van der Waals surface area (Å²) in [6.45, 7) is 3.76. The van der Waals surface area contributed by atoms with Crippen molar-refractivity contribution in [2.24, 2.45) is 0 Å². The summed E-state index contributed by atoms with van der Waals surface area (Å²) >= 11 is 0. The van der Waals surface area contributed by atoms with E-state index in [1.165, 1.54) is 7.11 Å². The van der Waals surface area contributed by atoms with Gasteiger partial charge in [-0.25, -0.2) is 13.7 Å². The van der Waals surface area contributed by atoms with Crippen LogP contribution in [0, 0.1) is 25.5 Å². The molecular formula is C25H20F2N2O3. The molecule has 0 saturated heterocycles. The molecule has 0 spiro atoms. The van der Waals surface area contributed by atoms with Crippen LogP contribution in [0.3, 0.4) is 0 Å². The van der Waals surface area contributed by atoms with E-state index in [-0.39, 0.29) is 11.3 Å². The number of carbonyl (C=O) groups excluding carboxylic acids is 2. The largest absolute Gasteiger partial charge is 0.496 e. The summed E-state index contributed by atoms with van der Waals surface area (Å²) < 4.78 is 33.8. The Hall–Kier alpha value is -4.00. The van der Waals surface area contributed by atoms with E-state index in [1.54, 1.807) is 24.3 Å². The third-order valence-corrected chi connectivity index (χ3v) is 5.26. The van der Waals surface area contributed by atoms with E-state index in [4.69, 9.17) is 4.74 Å². The summed E-state index contributed by atoms with van der Waals surface area (Å²) in [5.41, 5.74) is 2.29. The Kier molecular flexibility index (Phi) is 5.48. The molecule has 162 valence electrons. The predicted molar refractivity (Wildman–Crippen MR) is 118 cm³/mol. The van der Waals surface area contributed by atoms with Crippen LogP contribution in [0.4, 0.5) is 20.2 Å². The van der Waals surface area contributed by atoms with E-state index >= 15 is 0 Å². The Morgan fingerprint density at radius 2 is 1.66 bits per heavy atom. The van der Waals surface area contributed by atoms with Gasteiger partial charge in [-0.15, -0.1) is 0 Å². The minimum Gasteiger partial charge on any atom is -0.496 e. The van der Waals surface area contributed by atoms with Crippen LogP contribution in [0.25, 0.3) is 5.57 Å². The maximum atomic E-state index is 14.5. The Morgan fingerprint density at radius 1 is 0.906 bits per heavy atom. The summed E-state index contributed by atoms with van der Waals surface area (Å²) in [4.78, 5) is 27.5. The highest BCUT2D eigenvalue weighted by Gasteiger charge is 2.42. The molecule has 0 atom stereocenters. The van der Waals surface area contributed by atoms with Crippen LogP contribution in [0.5, 0.6) is 5.75 Å². The Labute approximate surface area is 183 Å². The zero-order valence-corrected chi connectivity index (χ0v) is 17.7. The van der Waals surface area contributed by atoms with E-state index in [2.05, 4.69) is 5.32 Å². The second-order valence-electron chi connectivity index (χ2n) is 7.44. The fraction of sp³-hybridized carbons (Fsp3) is 0.120. The fourth-order valence-electron chi connectivity index (χ4n) is 3.63. The van der Waals surface area contributed by atoms with Crippen molar-refractivity contribution in [3.8, 4) is 5.75 Å². The molecule has 2 amide bonds. The highest BCUT2D eigenvalue weighted by atomic mass is 19.1. The van der Waals surface area contributed by atoms with Gasteiger partial charge in [0.25, 0.3) is 11.8 Å². The van der Waals surface area contributed by atoms with Crippen molar-refractivity contribution in [1.29, 1.82) is 0 Å². The molecule has 1 heterocycles. The summed E-state index contributed by atoms with van der Waals surface area (Å²) in [5.74, 6) is -2.86. The second-order valence-corrected chi connectivity index (χ2v) is 7.44. The molecule has 0 aromatic heterocycles. The number of hydrogen-bond donors (Lipinski definition) is 1. The smallest absolute Gasteiger partial charge is 0.282 e. The van der Waals surface area contributed by atoms with Crippen LogP contribution < -0.4 is 15.0 Å². The van der Waals surface area contributed by atoms with Crippen LogP contribution in [0.2, 0.25) is 0 Å². The molecule has 0 unspecified atom stereocenters. The van der Waals surface area contributed by atoms with Gasteiger partial charge in [0, 0.05) is 17.3 Å². The fourth-order valence-corrected chi connectivity index (χ4v) is 3.63. The van der Waals surface area contributed by atoms with Gasteiger partial charge in [0.05, 0.1) is 18.4 Å². The van der Waals surface area contributed by atoms with Gasteiger partial charge in [0.2, 0.25) is 0 Å². The van der Waals surface area contributed by atoms with Crippen molar-refractivity contribution >= 4 is 28.8 Å². The lowest BCUT2D eigenvalue weighted by molar-refractivity contribution is -0.120. The van der Waals surface area contributed by atoms with Crippen molar-refractivity contribution in [3.05, 3.63) is 94.7 Å². The molecule has 1 aliphatic heterocycles. The van der Waals surface area contributed by atoms with Crippen molar-refractivity contribution in [1.82, 2.24) is 0 Å². The number of benzene rings is 3. The number of halogens is 2. The lowest BCUT2D eigenvalue weighted by atomic mass is 10.0. The van der Waals surface area contributed by atoms with Gasteiger partial charge >= 0.3 is 0 Å². The molecule has 7 heteroatoms. The first-order valence-electron chi connectivity index (χ1n) is 9.87. The van der Waals surface area contributed by atoms with Crippen molar-refractivity contribution < 1.29 is 23.1 Å². The molecular weight excluding hydrogens is 414 g/mol. The Balaban J connectivity index is 1.92. The average Bonchev–Trinajstić information content (AvgIpc) is 3.01. The lowest BCUT2D eigenvalue weighted by Gasteiger charge is -2.16. The summed E-state index contributed by atoms with van der Waals surface area (Å²) in [5, 5.41) is 3.06. The molecule has 0 bridgehead atoms. The third kappa shape index (κ3) is 3.62. The van der Waals surface area contributed by atoms with E-state index in [9.17, 15) is 18.4 Å². The number of ether oxygens (including phenoxy) is 1. The average molecular weight is 434 g/mol. The van der Waals surface area contributed by atoms with Gasteiger partial charge in [0.1, 0.15) is 23.1 Å². The number of nitrogens with one attached hydrogen (secondary N) is 1. The molecule has 3 aromatic carbocycles. The van der Waals surface area contributed by atoms with Crippen molar-refractivity contribution in [3.63, 3.8) is 0 Å². The number of aryl methyl sites for hydroxylation is 2. The molecule has 0 fully saturated rings. The lowest BCUT2D eigenvalue weighted by Crippen LogP contribution is -2.33. The van der Waals surface area contributed by atoms with Gasteiger partial charge < -0.3 is 10.1 Å². The maximum Gasteiger partial charge on any atom is 0.282 e. The first-order chi connectivity index (χ1) is 15.3. The zero-order chi connectivity index (χ0) is 23.0. The number of hydrogen-bond acceptors (Lipinski definition) is 4. The molecule has 1 N–H and O–H groups in total. The number of anilines is 2. The highest BCUT2D eigenvalue weighted by Crippen LogP contribution is 2.38. The third-order valence-electron chi connectivity index (χ3n) is 5.26. The quantitative estimate of drug-likeness (QED) is 0.575. The summed E-state index contributed by atoms with van der Waals surface area (Å²) in [7, 11) is 1.45. The van der Waals surface area contributed by atoms with E-state index in [1.807, 2.05) is 32.0 Å². The number of methoxy groups -OCH3 is 1. The van der Waals surface area contributed by atoms with Crippen molar-refractivity contribution in [2.75, 3.05) is 17.3 Å². The first-order valence-corrected chi connectivity index (χ1v) is 9.87. The topological polar surface area (TPSA) is 58.6 Å². The zero-order valence-electron chi connectivity index (χ0n) is 17.7. The second kappa shape index (κ2) is 8.26. The van der Waals surface area contributed by atoms with E-state index in [0.717, 1.165) is 29.3 Å². The minimum atomic E-state index is -0.888. The first kappa shape index (κ1) is 21.2. The van der Waals surface area contributed by atoms with Gasteiger partial charge in [-0.2, -0.15) is 0 Å². The molecule has 4 rings (SSSR count). The van der Waals surface area contributed by atoms with Gasteiger partial charge in [-0.3, -0.25) is 9.59 Å².